The zero-order valence-corrected chi connectivity index (χ0v) is 11.7. The van der Waals surface area contributed by atoms with Crippen molar-refractivity contribution in [3.05, 3.63) is 0 Å². The van der Waals surface area contributed by atoms with Crippen LogP contribution in [-0.4, -0.2) is 78.7 Å². The molecule has 0 radical (unpaired) electrons. The maximum Gasteiger partial charge on any atom is 0.326 e. The van der Waals surface area contributed by atoms with Crippen molar-refractivity contribution < 1.29 is 24.5 Å². The molecule has 1 unspecified atom stereocenters. The molecule has 20 heavy (non-hydrogen) atoms. The van der Waals surface area contributed by atoms with Crippen LogP contribution in [0.15, 0.2) is 0 Å². The fraction of sp³-hybridized carbons (Fsp3) is 0.833. The first-order chi connectivity index (χ1) is 9.56. The van der Waals surface area contributed by atoms with E-state index < -0.39 is 18.0 Å². The molecule has 8 heteroatoms. The van der Waals surface area contributed by atoms with Gasteiger partial charge in [-0.05, 0) is 6.54 Å². The van der Waals surface area contributed by atoms with Crippen LogP contribution in [0.1, 0.15) is 13.3 Å². The summed E-state index contributed by atoms with van der Waals surface area (Å²) in [5.41, 5.74) is 0. The SMILES string of the molecule is CCN1CCOC(CNC(=O)N[C@H](CCO)C(=O)O)C1. The van der Waals surface area contributed by atoms with E-state index in [1.165, 1.54) is 0 Å². The molecule has 0 aliphatic carbocycles. The highest BCUT2D eigenvalue weighted by Crippen LogP contribution is 2.03. The van der Waals surface area contributed by atoms with E-state index >= 15 is 0 Å². The lowest BCUT2D eigenvalue weighted by Crippen LogP contribution is -2.51. The summed E-state index contributed by atoms with van der Waals surface area (Å²) in [6, 6.07) is -1.65. The van der Waals surface area contributed by atoms with E-state index in [2.05, 4.69) is 22.5 Å². The Balaban J connectivity index is 2.29. The molecule has 0 aromatic rings. The molecule has 0 aromatic heterocycles. The van der Waals surface area contributed by atoms with Gasteiger partial charge in [0, 0.05) is 32.7 Å². The van der Waals surface area contributed by atoms with E-state index in [1.54, 1.807) is 0 Å². The number of rotatable bonds is 7. The second-order valence-electron chi connectivity index (χ2n) is 4.64. The summed E-state index contributed by atoms with van der Waals surface area (Å²) in [5, 5.41) is 22.5. The Morgan fingerprint density at radius 1 is 1.50 bits per heavy atom. The average Bonchev–Trinajstić information content (AvgIpc) is 2.44. The molecule has 0 spiro atoms. The summed E-state index contributed by atoms with van der Waals surface area (Å²) in [5.74, 6) is -1.17. The Labute approximate surface area is 118 Å². The Morgan fingerprint density at radius 3 is 2.85 bits per heavy atom. The Morgan fingerprint density at radius 2 is 2.25 bits per heavy atom. The van der Waals surface area contributed by atoms with E-state index in [-0.39, 0.29) is 19.1 Å². The third-order valence-electron chi connectivity index (χ3n) is 3.18. The molecule has 1 rings (SSSR count). The van der Waals surface area contributed by atoms with Crippen molar-refractivity contribution in [1.29, 1.82) is 0 Å². The molecular weight excluding hydrogens is 266 g/mol. The highest BCUT2D eigenvalue weighted by molar-refractivity contribution is 5.82. The van der Waals surface area contributed by atoms with Crippen molar-refractivity contribution in [1.82, 2.24) is 15.5 Å². The van der Waals surface area contributed by atoms with Crippen LogP contribution in [0.5, 0.6) is 0 Å². The Hall–Kier alpha value is -1.38. The molecule has 1 aliphatic rings. The quantitative estimate of drug-likeness (QED) is 0.470. The van der Waals surface area contributed by atoms with Gasteiger partial charge in [0.15, 0.2) is 0 Å². The summed E-state index contributed by atoms with van der Waals surface area (Å²) in [6.45, 7) is 5.29. The zero-order chi connectivity index (χ0) is 15.0. The van der Waals surface area contributed by atoms with Crippen molar-refractivity contribution in [3.8, 4) is 0 Å². The third kappa shape index (κ3) is 5.72. The second kappa shape index (κ2) is 8.72. The number of carboxylic acids is 1. The van der Waals surface area contributed by atoms with Gasteiger partial charge in [0.05, 0.1) is 12.7 Å². The number of amides is 2. The topological polar surface area (TPSA) is 111 Å². The van der Waals surface area contributed by atoms with Crippen LogP contribution < -0.4 is 10.6 Å². The van der Waals surface area contributed by atoms with Crippen LogP contribution in [0, 0.1) is 0 Å². The lowest BCUT2D eigenvalue weighted by molar-refractivity contribution is -0.139. The number of likely N-dealkylation sites (N-methyl/N-ethyl adjacent to an activating group) is 1. The first-order valence-corrected chi connectivity index (χ1v) is 6.78. The van der Waals surface area contributed by atoms with Crippen LogP contribution in [0.3, 0.4) is 0 Å². The van der Waals surface area contributed by atoms with Gasteiger partial charge in [-0.3, -0.25) is 4.90 Å². The molecule has 1 aliphatic heterocycles. The number of urea groups is 1. The number of aliphatic hydroxyl groups is 1. The van der Waals surface area contributed by atoms with Crippen molar-refractivity contribution in [2.75, 3.05) is 39.4 Å². The highest BCUT2D eigenvalue weighted by atomic mass is 16.5. The molecule has 1 heterocycles. The monoisotopic (exact) mass is 289 g/mol. The minimum Gasteiger partial charge on any atom is -0.480 e. The van der Waals surface area contributed by atoms with Gasteiger partial charge in [0.2, 0.25) is 0 Å². The lowest BCUT2D eigenvalue weighted by atomic mass is 10.2. The molecule has 2 amide bonds. The normalized spacial score (nSPS) is 21.2. The number of nitrogens with one attached hydrogen (secondary N) is 2. The van der Waals surface area contributed by atoms with Gasteiger partial charge in [-0.25, -0.2) is 9.59 Å². The van der Waals surface area contributed by atoms with Gasteiger partial charge >= 0.3 is 12.0 Å². The van der Waals surface area contributed by atoms with Crippen molar-refractivity contribution in [3.63, 3.8) is 0 Å². The molecule has 0 bridgehead atoms. The average molecular weight is 289 g/mol. The van der Waals surface area contributed by atoms with Crippen LogP contribution in [0.2, 0.25) is 0 Å². The number of carboxylic acid groups (broad SMARTS) is 1. The third-order valence-corrected chi connectivity index (χ3v) is 3.18. The number of aliphatic hydroxyl groups excluding tert-OH is 1. The smallest absolute Gasteiger partial charge is 0.326 e. The second-order valence-corrected chi connectivity index (χ2v) is 4.64. The van der Waals surface area contributed by atoms with Gasteiger partial charge in [-0.2, -0.15) is 0 Å². The number of aliphatic carboxylic acids is 1. The fourth-order valence-electron chi connectivity index (χ4n) is 1.99. The van der Waals surface area contributed by atoms with Gasteiger partial charge in [0.25, 0.3) is 0 Å². The maximum absolute atomic E-state index is 11.6. The van der Waals surface area contributed by atoms with Crippen LogP contribution >= 0.6 is 0 Å². The van der Waals surface area contributed by atoms with E-state index in [4.69, 9.17) is 14.9 Å². The summed E-state index contributed by atoms with van der Waals surface area (Å²) in [4.78, 5) is 24.6. The predicted molar refractivity (Wildman–Crippen MR) is 71.5 cm³/mol. The predicted octanol–water partition coefficient (Wildman–Crippen LogP) is -1.16. The number of hydrogen-bond acceptors (Lipinski definition) is 5. The highest BCUT2D eigenvalue weighted by Gasteiger charge is 2.22. The summed E-state index contributed by atoms with van der Waals surface area (Å²) < 4.78 is 5.52. The molecule has 116 valence electrons. The van der Waals surface area contributed by atoms with Crippen LogP contribution in [-0.2, 0) is 9.53 Å². The molecule has 1 fully saturated rings. The molecule has 1 saturated heterocycles. The molecule has 2 atom stereocenters. The molecule has 8 nitrogen and oxygen atoms in total. The molecule has 0 aromatic carbocycles. The van der Waals surface area contributed by atoms with Crippen molar-refractivity contribution in [2.24, 2.45) is 0 Å². The minimum atomic E-state index is -1.17. The van der Waals surface area contributed by atoms with Crippen molar-refractivity contribution >= 4 is 12.0 Å². The first kappa shape index (κ1) is 16.7. The van der Waals surface area contributed by atoms with Crippen LogP contribution in [0.25, 0.3) is 0 Å². The van der Waals surface area contributed by atoms with Crippen LogP contribution in [0.4, 0.5) is 4.79 Å². The minimum absolute atomic E-state index is 0.0215. The number of carbonyl (C=O) groups excluding carboxylic acids is 1. The number of ether oxygens (including phenoxy) is 1. The molecular formula is C12H23N3O5. The zero-order valence-electron chi connectivity index (χ0n) is 11.7. The summed E-state index contributed by atoms with van der Waals surface area (Å²) in [6.07, 6.45) is -0.109. The number of carbonyl (C=O) groups is 2. The summed E-state index contributed by atoms with van der Waals surface area (Å²) in [7, 11) is 0. The van der Waals surface area contributed by atoms with Gasteiger partial charge in [0.1, 0.15) is 6.04 Å². The van der Waals surface area contributed by atoms with E-state index in [0.717, 1.165) is 19.6 Å². The van der Waals surface area contributed by atoms with E-state index in [0.29, 0.717) is 13.2 Å². The van der Waals surface area contributed by atoms with Crippen molar-refractivity contribution in [2.45, 2.75) is 25.5 Å². The largest absolute Gasteiger partial charge is 0.480 e. The fourth-order valence-corrected chi connectivity index (χ4v) is 1.99. The lowest BCUT2D eigenvalue weighted by Gasteiger charge is -2.32. The Bertz CT molecular complexity index is 326. The standard InChI is InChI=1S/C12H23N3O5/c1-2-15-4-6-20-9(8-15)7-13-12(19)14-10(3-5-16)11(17)18/h9-10,16H,2-8H2,1H3,(H,17,18)(H2,13,14,19)/t9?,10-/m1/s1. The first-order valence-electron chi connectivity index (χ1n) is 6.78. The molecule has 4 N–H and O–H groups in total. The Kier molecular flexibility index (Phi) is 7.27. The van der Waals surface area contributed by atoms with E-state index in [9.17, 15) is 9.59 Å². The van der Waals surface area contributed by atoms with E-state index in [1.807, 2.05) is 0 Å². The summed E-state index contributed by atoms with van der Waals surface area (Å²) >= 11 is 0. The molecule has 0 saturated carbocycles. The van der Waals surface area contributed by atoms with Gasteiger partial charge < -0.3 is 25.6 Å². The van der Waals surface area contributed by atoms with Gasteiger partial charge in [-0.1, -0.05) is 6.92 Å². The van der Waals surface area contributed by atoms with Gasteiger partial charge in [-0.15, -0.1) is 0 Å². The number of hydrogen-bond donors (Lipinski definition) is 4. The number of morpholine rings is 1. The maximum atomic E-state index is 11.6. The number of nitrogens with zero attached hydrogens (tertiary/aromatic N) is 1.